The Hall–Kier alpha value is -4.39. The minimum Gasteiger partial charge on any atom is -0.460 e. The zero-order chi connectivity index (χ0) is 53.4. The highest BCUT2D eigenvalue weighted by Gasteiger charge is 2.53. The van der Waals surface area contributed by atoms with Crippen molar-refractivity contribution in [3.63, 3.8) is 0 Å². The van der Waals surface area contributed by atoms with Crippen LogP contribution in [-0.2, 0) is 62.0 Å². The Labute approximate surface area is 426 Å². The number of piperidine rings is 1. The van der Waals surface area contributed by atoms with Gasteiger partial charge in [0, 0.05) is 65.2 Å². The molecule has 4 rings (SSSR count). The fraction of sp³-hybridized carbons (Fsp3) is 0.727. The summed E-state index contributed by atoms with van der Waals surface area (Å²) in [6.07, 6.45) is 10.9. The SMILES string of the molecule is CO[C@H]1C[C@@H]2CC[C@@H](C)[C@@](O)(O2)C(=O)C(=O)N2CCCC[C@H]2C(=O)O[C@H]([C@H](C)C[C@@H]2CC[C@@H](OC(C)=O)[C@H](OC)C2)CC(=O)[C@H](C)/C=C(\CO)[C@@H](OC(C)=O)[C@@H](CO)C(=O)[C@H](C)C[C@H](C)/C=C/C=C/C=C/1C. The number of nitrogens with zero attached hydrogens (tertiary/aromatic N) is 1. The van der Waals surface area contributed by atoms with Crippen LogP contribution < -0.4 is 0 Å². The molecule has 0 unspecified atom stereocenters. The summed E-state index contributed by atoms with van der Waals surface area (Å²) in [4.78, 5) is 97.2. The highest BCUT2D eigenvalue weighted by molar-refractivity contribution is 6.39. The van der Waals surface area contributed by atoms with Gasteiger partial charge >= 0.3 is 17.9 Å². The minimum absolute atomic E-state index is 0.0145. The first-order valence-corrected chi connectivity index (χ1v) is 25.9. The molecule has 0 spiro atoms. The van der Waals surface area contributed by atoms with Crippen molar-refractivity contribution in [1.82, 2.24) is 4.90 Å². The monoisotopic (exact) mass is 1010 g/mol. The van der Waals surface area contributed by atoms with Gasteiger partial charge in [-0.25, -0.2) is 4.79 Å². The van der Waals surface area contributed by atoms with Gasteiger partial charge in [-0.15, -0.1) is 0 Å². The van der Waals surface area contributed by atoms with E-state index in [0.29, 0.717) is 57.8 Å². The van der Waals surface area contributed by atoms with E-state index in [4.69, 9.17) is 28.4 Å². The molecule has 0 aromatic rings. The summed E-state index contributed by atoms with van der Waals surface area (Å²) >= 11 is 0. The fourth-order valence-electron chi connectivity index (χ4n) is 10.9. The Morgan fingerprint density at radius 1 is 0.861 bits per heavy atom. The van der Waals surface area contributed by atoms with Crippen molar-refractivity contribution in [1.29, 1.82) is 0 Å². The molecule has 0 aromatic carbocycles. The fourth-order valence-corrected chi connectivity index (χ4v) is 10.9. The van der Waals surface area contributed by atoms with E-state index < -0.39 is 126 Å². The molecule has 15 atom stereocenters. The summed E-state index contributed by atoms with van der Waals surface area (Å²) < 4.78 is 35.2. The number of amides is 1. The summed E-state index contributed by atoms with van der Waals surface area (Å²) in [5, 5.41) is 33.4. The number of ether oxygens (including phenoxy) is 6. The van der Waals surface area contributed by atoms with E-state index >= 15 is 0 Å². The van der Waals surface area contributed by atoms with Crippen molar-refractivity contribution < 1.29 is 77.3 Å². The van der Waals surface area contributed by atoms with Crippen molar-refractivity contribution in [2.45, 2.75) is 181 Å². The number of carbonyl (C=O) groups is 7. The van der Waals surface area contributed by atoms with E-state index in [1.807, 2.05) is 51.2 Å². The summed E-state index contributed by atoms with van der Waals surface area (Å²) in [6, 6.07) is -1.22. The smallest absolute Gasteiger partial charge is 0.329 e. The number of rotatable bonds is 9. The third kappa shape index (κ3) is 16.3. The normalized spacial score (nSPS) is 37.4. The number of hydrogen-bond acceptors (Lipinski definition) is 16. The van der Waals surface area contributed by atoms with Crippen molar-refractivity contribution in [2.24, 2.45) is 41.4 Å². The number of fused-ring (bicyclic) bond motifs is 3. The van der Waals surface area contributed by atoms with Crippen LogP contribution in [0.4, 0.5) is 0 Å². The number of methoxy groups -OCH3 is 2. The molecule has 1 aliphatic carbocycles. The van der Waals surface area contributed by atoms with Crippen LogP contribution in [0.5, 0.6) is 0 Å². The van der Waals surface area contributed by atoms with Crippen LogP contribution in [0.2, 0.25) is 0 Å². The molecule has 2 bridgehead atoms. The maximum atomic E-state index is 14.5. The Kier molecular flexibility index (Phi) is 23.7. The van der Waals surface area contributed by atoms with Crippen molar-refractivity contribution in [2.75, 3.05) is 34.0 Å². The molecule has 0 aromatic heterocycles. The van der Waals surface area contributed by atoms with E-state index in [1.54, 1.807) is 35.0 Å². The molecule has 1 amide bonds. The van der Waals surface area contributed by atoms with E-state index in [9.17, 15) is 48.9 Å². The number of ketones is 3. The number of Topliss-reactive ketones (excluding diaryl/α,β-unsaturated/α-hetero) is 3. The van der Waals surface area contributed by atoms with Gasteiger partial charge in [0.2, 0.25) is 5.79 Å². The van der Waals surface area contributed by atoms with Gasteiger partial charge in [0.15, 0.2) is 0 Å². The number of esters is 3. The number of aliphatic hydroxyl groups is 3. The standard InChI is InChI=1S/C55H83NO16/c1-32-16-12-11-13-17-33(2)47(67-9)28-42-21-19-37(6)55(66,72-42)52(63)53(64)56-23-15-14-18-44(56)54(65)71-48(35(4)25-40-20-22-46(69-38(7)59)49(27-40)68-10)29-45(61)34(3)26-41(30-57)51(70-39(8)60)43(31-58)50(62)36(5)24-32/h11-13,16-17,26,32,34-37,40,42-44,46-49,51,57-58,66H,14-15,18-25,27-31H2,1-10H3/b13-11+,16-12+,33-17+,41-26+/t32-,34-,35-,36-,37-,40+,42+,43+,44+,46-,47+,48+,49-,51-,55-/m1/s1. The Morgan fingerprint density at radius 2 is 1.57 bits per heavy atom. The highest BCUT2D eigenvalue weighted by atomic mass is 16.6. The predicted molar refractivity (Wildman–Crippen MR) is 265 cm³/mol. The number of aliphatic hydroxyl groups excluding tert-OH is 2. The zero-order valence-corrected chi connectivity index (χ0v) is 44.2. The molecule has 1 saturated carbocycles. The molecule has 3 aliphatic heterocycles. The predicted octanol–water partition coefficient (Wildman–Crippen LogP) is 5.89. The second-order valence-electron chi connectivity index (χ2n) is 20.9. The number of cyclic esters (lactones) is 1. The zero-order valence-electron chi connectivity index (χ0n) is 44.2. The largest absolute Gasteiger partial charge is 0.460 e. The first-order valence-electron chi connectivity index (χ1n) is 25.9. The lowest BCUT2D eigenvalue weighted by atomic mass is 9.78. The van der Waals surface area contributed by atoms with Gasteiger partial charge in [0.25, 0.3) is 11.7 Å². The van der Waals surface area contributed by atoms with Gasteiger partial charge in [0.1, 0.15) is 35.9 Å². The van der Waals surface area contributed by atoms with Crippen LogP contribution in [0, 0.1) is 41.4 Å². The quantitative estimate of drug-likeness (QED) is 0.106. The maximum Gasteiger partial charge on any atom is 0.329 e. The van der Waals surface area contributed by atoms with Crippen LogP contribution >= 0.6 is 0 Å². The molecule has 404 valence electrons. The highest BCUT2D eigenvalue weighted by Crippen LogP contribution is 2.38. The summed E-state index contributed by atoms with van der Waals surface area (Å²) in [7, 11) is 3.10. The third-order valence-electron chi connectivity index (χ3n) is 15.2. The van der Waals surface area contributed by atoms with Crippen LogP contribution in [-0.4, -0.2) is 144 Å². The average Bonchev–Trinajstić information content (AvgIpc) is 3.34. The maximum absolute atomic E-state index is 14.5. The Bertz CT molecular complexity index is 2010. The van der Waals surface area contributed by atoms with E-state index in [1.165, 1.54) is 13.0 Å². The first-order chi connectivity index (χ1) is 34.1. The molecular weight excluding hydrogens is 931 g/mol. The lowest BCUT2D eigenvalue weighted by molar-refractivity contribution is -0.265. The Morgan fingerprint density at radius 3 is 2.21 bits per heavy atom. The van der Waals surface area contributed by atoms with Gasteiger partial charge in [-0.2, -0.15) is 0 Å². The molecule has 17 nitrogen and oxygen atoms in total. The molecule has 2 saturated heterocycles. The van der Waals surface area contributed by atoms with Gasteiger partial charge in [0.05, 0.1) is 37.4 Å². The summed E-state index contributed by atoms with van der Waals surface area (Å²) in [5.74, 6) is -11.7. The lowest BCUT2D eigenvalue weighted by Gasteiger charge is -2.42. The molecule has 0 radical (unpaired) electrons. The van der Waals surface area contributed by atoms with E-state index in [2.05, 4.69) is 0 Å². The molecule has 72 heavy (non-hydrogen) atoms. The van der Waals surface area contributed by atoms with Crippen LogP contribution in [0.3, 0.4) is 0 Å². The van der Waals surface area contributed by atoms with Crippen LogP contribution in [0.1, 0.15) is 132 Å². The Balaban J connectivity index is 1.77. The summed E-state index contributed by atoms with van der Waals surface area (Å²) in [6.45, 7) is 11.7. The molecule has 3 heterocycles. The molecule has 3 fully saturated rings. The summed E-state index contributed by atoms with van der Waals surface area (Å²) in [5.41, 5.74) is 0.873. The molecule has 4 aliphatic rings. The number of allylic oxidation sites excluding steroid dienone is 6. The molecule has 17 heteroatoms. The number of hydrogen-bond donors (Lipinski definition) is 3. The van der Waals surface area contributed by atoms with Crippen LogP contribution in [0.15, 0.2) is 47.6 Å². The first kappa shape index (κ1) is 60.2. The van der Waals surface area contributed by atoms with Gasteiger partial charge in [-0.3, -0.25) is 28.8 Å². The van der Waals surface area contributed by atoms with E-state index in [0.717, 1.165) is 17.4 Å². The van der Waals surface area contributed by atoms with Gasteiger partial charge in [-0.05, 0) is 100 Å². The average molecular weight is 1010 g/mol. The van der Waals surface area contributed by atoms with Gasteiger partial charge in [-0.1, -0.05) is 71.1 Å². The second kappa shape index (κ2) is 28.3. The lowest BCUT2D eigenvalue weighted by Crippen LogP contribution is -2.61. The molecular formula is C55H83NO16. The number of carbonyl (C=O) groups excluding carboxylic acids is 7. The van der Waals surface area contributed by atoms with Crippen LogP contribution in [0.25, 0.3) is 0 Å². The molecule has 3 N–H and O–H groups in total. The van der Waals surface area contributed by atoms with Gasteiger partial charge < -0.3 is 48.6 Å². The second-order valence-corrected chi connectivity index (χ2v) is 20.9. The van der Waals surface area contributed by atoms with Crippen molar-refractivity contribution in [3.05, 3.63) is 47.6 Å². The minimum atomic E-state index is -2.48. The van der Waals surface area contributed by atoms with Crippen molar-refractivity contribution >= 4 is 41.2 Å². The third-order valence-corrected chi connectivity index (χ3v) is 15.2. The topological polar surface area (TPSA) is 239 Å². The van der Waals surface area contributed by atoms with Crippen molar-refractivity contribution in [3.8, 4) is 0 Å². The van der Waals surface area contributed by atoms with E-state index in [-0.39, 0.29) is 49.3 Å².